The van der Waals surface area contributed by atoms with Gasteiger partial charge in [0.15, 0.2) is 5.82 Å². The molecular weight excluding hydrogens is 226 g/mol. The minimum Gasteiger partial charge on any atom is -0.391 e. The van der Waals surface area contributed by atoms with Gasteiger partial charge in [-0.05, 0) is 0 Å². The van der Waals surface area contributed by atoms with Crippen LogP contribution in [0.3, 0.4) is 0 Å². The molecule has 0 radical (unpaired) electrons. The second-order valence-corrected chi connectivity index (χ2v) is 3.78. The molecule has 90 valence electrons. The van der Waals surface area contributed by atoms with Gasteiger partial charge in [0.05, 0.1) is 12.2 Å². The van der Waals surface area contributed by atoms with E-state index in [0.29, 0.717) is 0 Å². The Morgan fingerprint density at radius 1 is 1.53 bits per heavy atom. The van der Waals surface area contributed by atoms with Crippen molar-refractivity contribution >= 4 is 23.3 Å². The van der Waals surface area contributed by atoms with Gasteiger partial charge in [-0.3, -0.25) is 19.3 Å². The number of anilines is 2. The van der Waals surface area contributed by atoms with Gasteiger partial charge in [-0.1, -0.05) is 0 Å². The summed E-state index contributed by atoms with van der Waals surface area (Å²) in [6, 6.07) is 0. The average Bonchev–Trinajstić information content (AvgIpc) is 2.65. The van der Waals surface area contributed by atoms with Crippen molar-refractivity contribution in [2.24, 2.45) is 11.7 Å². The number of nitrogens with one attached hydrogen (secondary N) is 1. The third-order valence-electron chi connectivity index (χ3n) is 2.65. The number of primary amides is 1. The molecular formula is C9H11N5O3. The van der Waals surface area contributed by atoms with Gasteiger partial charge in [0.1, 0.15) is 5.69 Å². The van der Waals surface area contributed by atoms with E-state index in [1.165, 1.54) is 4.90 Å². The summed E-state index contributed by atoms with van der Waals surface area (Å²) >= 11 is 0. The summed E-state index contributed by atoms with van der Waals surface area (Å²) in [6.45, 7) is 0.106. The maximum absolute atomic E-state index is 11.7. The lowest BCUT2D eigenvalue weighted by atomic mass is 10.1. The van der Waals surface area contributed by atoms with Crippen molar-refractivity contribution in [3.05, 3.63) is 16.7 Å². The van der Waals surface area contributed by atoms with Gasteiger partial charge in [-0.25, -0.2) is 4.98 Å². The molecule has 1 atom stereocenters. The van der Waals surface area contributed by atoms with Crippen LogP contribution in [0.5, 0.6) is 0 Å². The number of nitrogen functional groups attached to an aromatic ring is 1. The van der Waals surface area contributed by atoms with E-state index in [0.717, 1.165) is 6.33 Å². The molecule has 2 amide bonds. The van der Waals surface area contributed by atoms with Crippen LogP contribution in [0.4, 0.5) is 11.5 Å². The molecule has 0 bridgehead atoms. The summed E-state index contributed by atoms with van der Waals surface area (Å²) in [5, 5.41) is 0. The van der Waals surface area contributed by atoms with E-state index in [1.54, 1.807) is 0 Å². The van der Waals surface area contributed by atoms with Gasteiger partial charge >= 0.3 is 0 Å². The number of rotatable bonds is 2. The van der Waals surface area contributed by atoms with Gasteiger partial charge in [0, 0.05) is 13.0 Å². The van der Waals surface area contributed by atoms with Crippen molar-refractivity contribution in [2.75, 3.05) is 17.2 Å². The lowest BCUT2D eigenvalue weighted by Gasteiger charge is -2.15. The summed E-state index contributed by atoms with van der Waals surface area (Å²) in [6.07, 6.45) is 1.17. The zero-order valence-electron chi connectivity index (χ0n) is 8.84. The number of aromatic amines is 1. The summed E-state index contributed by atoms with van der Waals surface area (Å²) in [5.74, 6) is -1.37. The molecule has 2 rings (SSSR count). The number of nitrogens with two attached hydrogens (primary N) is 2. The van der Waals surface area contributed by atoms with Crippen molar-refractivity contribution in [3.8, 4) is 0 Å². The van der Waals surface area contributed by atoms with Crippen LogP contribution < -0.4 is 21.9 Å². The fraction of sp³-hybridized carbons (Fsp3) is 0.333. The molecule has 1 aromatic rings. The molecule has 0 saturated carbocycles. The zero-order valence-corrected chi connectivity index (χ0v) is 8.84. The number of hydrogen-bond acceptors (Lipinski definition) is 5. The molecule has 0 aliphatic carbocycles. The van der Waals surface area contributed by atoms with Crippen molar-refractivity contribution in [1.29, 1.82) is 0 Å². The van der Waals surface area contributed by atoms with Gasteiger partial charge in [0.25, 0.3) is 5.56 Å². The Hall–Kier alpha value is -2.38. The number of aromatic nitrogens is 2. The van der Waals surface area contributed by atoms with E-state index < -0.39 is 17.4 Å². The van der Waals surface area contributed by atoms with E-state index in [1.807, 2.05) is 0 Å². The van der Waals surface area contributed by atoms with E-state index >= 15 is 0 Å². The Labute approximate surface area is 95.6 Å². The highest BCUT2D eigenvalue weighted by molar-refractivity contribution is 6.00. The van der Waals surface area contributed by atoms with E-state index in [9.17, 15) is 14.4 Å². The molecule has 1 aliphatic heterocycles. The third-order valence-corrected chi connectivity index (χ3v) is 2.65. The first-order chi connectivity index (χ1) is 8.00. The van der Waals surface area contributed by atoms with Gasteiger partial charge in [-0.2, -0.15) is 0 Å². The highest BCUT2D eigenvalue weighted by Gasteiger charge is 2.35. The number of amides is 2. The van der Waals surface area contributed by atoms with Crippen LogP contribution in [0.15, 0.2) is 11.1 Å². The molecule has 2 heterocycles. The summed E-state index contributed by atoms with van der Waals surface area (Å²) in [5.41, 5.74) is 9.99. The summed E-state index contributed by atoms with van der Waals surface area (Å²) in [4.78, 5) is 41.3. The molecule has 1 fully saturated rings. The largest absolute Gasteiger partial charge is 0.391 e. The molecule has 8 nitrogen and oxygen atoms in total. The maximum atomic E-state index is 11.7. The standard InChI is InChI=1S/C9H11N5O3/c10-6-8(12-3-13-9(6)17)14-2-4(7(11)16)1-5(14)15/h3-4H,1-2,10H2,(H2,11,16)(H,12,13,17). The lowest BCUT2D eigenvalue weighted by Crippen LogP contribution is -2.31. The number of carbonyl (C=O) groups excluding carboxylic acids is 2. The van der Waals surface area contributed by atoms with Crippen LogP contribution >= 0.6 is 0 Å². The van der Waals surface area contributed by atoms with Crippen LogP contribution in [-0.2, 0) is 9.59 Å². The molecule has 8 heteroatoms. The lowest BCUT2D eigenvalue weighted by molar-refractivity contribution is -0.123. The zero-order chi connectivity index (χ0) is 12.6. The predicted octanol–water partition coefficient (Wildman–Crippen LogP) is -1.81. The third kappa shape index (κ3) is 1.84. The minimum absolute atomic E-state index is 0.0171. The van der Waals surface area contributed by atoms with Crippen molar-refractivity contribution in [1.82, 2.24) is 9.97 Å². The first kappa shape index (κ1) is 11.1. The van der Waals surface area contributed by atoms with Gasteiger partial charge in [0.2, 0.25) is 11.8 Å². The predicted molar refractivity (Wildman–Crippen MR) is 58.9 cm³/mol. The molecule has 5 N–H and O–H groups in total. The Morgan fingerprint density at radius 2 is 2.24 bits per heavy atom. The quantitative estimate of drug-likeness (QED) is 0.557. The van der Waals surface area contributed by atoms with Crippen LogP contribution in [0, 0.1) is 5.92 Å². The minimum atomic E-state index is -0.567. The fourth-order valence-electron chi connectivity index (χ4n) is 1.72. The monoisotopic (exact) mass is 237 g/mol. The number of H-pyrrole nitrogens is 1. The van der Waals surface area contributed by atoms with E-state index in [4.69, 9.17) is 11.5 Å². The number of hydrogen-bond donors (Lipinski definition) is 3. The van der Waals surface area contributed by atoms with Crippen LogP contribution in [0.1, 0.15) is 6.42 Å². The molecule has 0 spiro atoms. The van der Waals surface area contributed by atoms with Gasteiger partial charge < -0.3 is 16.5 Å². The van der Waals surface area contributed by atoms with E-state index in [-0.39, 0.29) is 30.4 Å². The smallest absolute Gasteiger partial charge is 0.276 e. The van der Waals surface area contributed by atoms with Gasteiger partial charge in [-0.15, -0.1) is 0 Å². The Balaban J connectivity index is 2.36. The second-order valence-electron chi connectivity index (χ2n) is 3.78. The fourth-order valence-corrected chi connectivity index (χ4v) is 1.72. The van der Waals surface area contributed by atoms with E-state index in [2.05, 4.69) is 9.97 Å². The van der Waals surface area contributed by atoms with Crippen LogP contribution in [0.25, 0.3) is 0 Å². The van der Waals surface area contributed by atoms with Crippen LogP contribution in [0.2, 0.25) is 0 Å². The molecule has 0 aromatic carbocycles. The topological polar surface area (TPSA) is 135 Å². The molecule has 1 aliphatic rings. The highest BCUT2D eigenvalue weighted by Crippen LogP contribution is 2.25. The second kappa shape index (κ2) is 3.89. The van der Waals surface area contributed by atoms with Crippen molar-refractivity contribution in [3.63, 3.8) is 0 Å². The highest BCUT2D eigenvalue weighted by atomic mass is 16.2. The van der Waals surface area contributed by atoms with Crippen molar-refractivity contribution in [2.45, 2.75) is 6.42 Å². The summed E-state index contributed by atoms with van der Waals surface area (Å²) in [7, 11) is 0. The molecule has 1 saturated heterocycles. The Kier molecular flexibility index (Phi) is 2.54. The SMILES string of the molecule is NC(=O)C1CC(=O)N(c2nc[nH]c(=O)c2N)C1. The first-order valence-electron chi connectivity index (χ1n) is 4.93. The molecule has 17 heavy (non-hydrogen) atoms. The molecule has 1 aromatic heterocycles. The van der Waals surface area contributed by atoms with Crippen LogP contribution in [-0.4, -0.2) is 28.3 Å². The normalized spacial score (nSPS) is 19.6. The molecule has 1 unspecified atom stereocenters. The average molecular weight is 237 g/mol. The first-order valence-corrected chi connectivity index (χ1v) is 4.93. The maximum Gasteiger partial charge on any atom is 0.276 e. The summed E-state index contributed by atoms with van der Waals surface area (Å²) < 4.78 is 0. The number of carbonyl (C=O) groups is 2. The van der Waals surface area contributed by atoms with Crippen molar-refractivity contribution < 1.29 is 9.59 Å². The Morgan fingerprint density at radius 3 is 2.82 bits per heavy atom. The Bertz CT molecular complexity index is 538. The number of nitrogens with zero attached hydrogens (tertiary/aromatic N) is 2.